The van der Waals surface area contributed by atoms with Gasteiger partial charge in [0.2, 0.25) is 0 Å². The zero-order chi connectivity index (χ0) is 11.4. The van der Waals surface area contributed by atoms with Crippen molar-refractivity contribution in [2.45, 2.75) is 0 Å². The Balaban J connectivity index is 2.25. The van der Waals surface area contributed by atoms with E-state index in [0.29, 0.717) is 24.0 Å². The van der Waals surface area contributed by atoms with E-state index < -0.39 is 0 Å². The van der Waals surface area contributed by atoms with E-state index in [1.54, 1.807) is 0 Å². The van der Waals surface area contributed by atoms with Crippen molar-refractivity contribution < 1.29 is 9.47 Å². The fourth-order valence-corrected chi connectivity index (χ4v) is 1.81. The topological polar surface area (TPSA) is 30.5 Å². The highest BCUT2D eigenvalue weighted by molar-refractivity contribution is 6.32. The smallest absolute Gasteiger partial charge is 0.179 e. The van der Waals surface area contributed by atoms with Gasteiger partial charge in [-0.3, -0.25) is 0 Å². The summed E-state index contributed by atoms with van der Waals surface area (Å²) in [6.45, 7) is 1.96. The fourth-order valence-electron chi connectivity index (χ4n) is 1.54. The summed E-state index contributed by atoms with van der Waals surface area (Å²) in [7, 11) is 1.90. The first-order valence-electron chi connectivity index (χ1n) is 5.21. The number of benzene rings is 1. The van der Waals surface area contributed by atoms with Crippen molar-refractivity contribution in [1.82, 2.24) is 5.32 Å². The molecule has 86 valence electrons. The van der Waals surface area contributed by atoms with Crippen LogP contribution in [0.4, 0.5) is 0 Å². The molecule has 0 saturated carbocycles. The first-order valence-corrected chi connectivity index (χ1v) is 5.59. The van der Waals surface area contributed by atoms with Gasteiger partial charge in [-0.2, -0.15) is 0 Å². The number of ether oxygens (including phenoxy) is 2. The Morgan fingerprint density at radius 1 is 1.38 bits per heavy atom. The SMILES string of the molecule is CNCC=Cc1cc(Cl)c2c(c1)OCCO2. The number of fused-ring (bicyclic) bond motifs is 1. The maximum absolute atomic E-state index is 6.11. The van der Waals surface area contributed by atoms with Crippen molar-refractivity contribution in [3.8, 4) is 11.5 Å². The summed E-state index contributed by atoms with van der Waals surface area (Å²) in [5.41, 5.74) is 1.02. The van der Waals surface area contributed by atoms with Gasteiger partial charge in [0.1, 0.15) is 13.2 Å². The molecule has 0 unspecified atom stereocenters. The van der Waals surface area contributed by atoms with Crippen molar-refractivity contribution in [3.05, 3.63) is 28.8 Å². The van der Waals surface area contributed by atoms with E-state index in [4.69, 9.17) is 21.1 Å². The van der Waals surface area contributed by atoms with E-state index in [9.17, 15) is 0 Å². The molecular formula is C12H14ClNO2. The molecular weight excluding hydrogens is 226 g/mol. The zero-order valence-electron chi connectivity index (χ0n) is 9.13. The van der Waals surface area contributed by atoms with Gasteiger partial charge in [-0.25, -0.2) is 0 Å². The summed E-state index contributed by atoms with van der Waals surface area (Å²) in [6, 6.07) is 3.81. The zero-order valence-corrected chi connectivity index (χ0v) is 9.88. The third-order valence-corrected chi connectivity index (χ3v) is 2.53. The number of hydrogen-bond acceptors (Lipinski definition) is 3. The second kappa shape index (κ2) is 5.23. The molecule has 0 amide bonds. The van der Waals surface area contributed by atoms with Crippen LogP contribution in [-0.2, 0) is 0 Å². The summed E-state index contributed by atoms with van der Waals surface area (Å²) < 4.78 is 10.9. The predicted octanol–water partition coefficient (Wildman–Crippen LogP) is 2.34. The molecule has 0 saturated heterocycles. The average molecular weight is 240 g/mol. The summed E-state index contributed by atoms with van der Waals surface area (Å²) in [6.07, 6.45) is 4.03. The fraction of sp³-hybridized carbons (Fsp3) is 0.333. The van der Waals surface area contributed by atoms with Crippen molar-refractivity contribution in [3.63, 3.8) is 0 Å². The average Bonchev–Trinajstić information content (AvgIpc) is 2.30. The number of halogens is 1. The predicted molar refractivity (Wildman–Crippen MR) is 65.4 cm³/mol. The molecule has 0 bridgehead atoms. The quantitative estimate of drug-likeness (QED) is 0.878. The lowest BCUT2D eigenvalue weighted by Crippen LogP contribution is -2.15. The molecule has 1 aromatic carbocycles. The lowest BCUT2D eigenvalue weighted by atomic mass is 10.2. The lowest BCUT2D eigenvalue weighted by Gasteiger charge is -2.19. The maximum atomic E-state index is 6.11. The van der Waals surface area contributed by atoms with Gasteiger partial charge in [0.25, 0.3) is 0 Å². The number of rotatable bonds is 3. The second-order valence-electron chi connectivity index (χ2n) is 3.49. The highest BCUT2D eigenvalue weighted by atomic mass is 35.5. The van der Waals surface area contributed by atoms with Crippen LogP contribution in [0.1, 0.15) is 5.56 Å². The molecule has 0 spiro atoms. The van der Waals surface area contributed by atoms with Gasteiger partial charge in [0.15, 0.2) is 11.5 Å². The Labute approximate surface area is 100 Å². The molecule has 0 aliphatic carbocycles. The van der Waals surface area contributed by atoms with Crippen LogP contribution in [0.15, 0.2) is 18.2 Å². The van der Waals surface area contributed by atoms with Crippen LogP contribution in [0.5, 0.6) is 11.5 Å². The molecule has 1 heterocycles. The Kier molecular flexibility index (Phi) is 3.70. The first-order chi connectivity index (χ1) is 7.81. The molecule has 16 heavy (non-hydrogen) atoms. The summed E-state index contributed by atoms with van der Waals surface area (Å²) >= 11 is 6.11. The molecule has 4 heteroatoms. The third-order valence-electron chi connectivity index (χ3n) is 2.25. The molecule has 1 aliphatic heterocycles. The standard InChI is InChI=1S/C12H14ClNO2/c1-14-4-2-3-9-7-10(13)12-11(8-9)15-5-6-16-12/h2-3,7-8,14H,4-6H2,1H3. The highest BCUT2D eigenvalue weighted by Crippen LogP contribution is 2.38. The molecule has 3 nitrogen and oxygen atoms in total. The van der Waals surface area contributed by atoms with Crippen LogP contribution in [0.25, 0.3) is 6.08 Å². The van der Waals surface area contributed by atoms with E-state index in [-0.39, 0.29) is 0 Å². The van der Waals surface area contributed by atoms with Crippen LogP contribution in [0.2, 0.25) is 5.02 Å². The van der Waals surface area contributed by atoms with Gasteiger partial charge in [0.05, 0.1) is 5.02 Å². The maximum Gasteiger partial charge on any atom is 0.179 e. The van der Waals surface area contributed by atoms with E-state index in [1.165, 1.54) is 0 Å². The third kappa shape index (κ3) is 2.49. The van der Waals surface area contributed by atoms with Crippen LogP contribution in [-0.4, -0.2) is 26.8 Å². The summed E-state index contributed by atoms with van der Waals surface area (Å²) in [4.78, 5) is 0. The van der Waals surface area contributed by atoms with Gasteiger partial charge in [-0.1, -0.05) is 23.8 Å². The largest absolute Gasteiger partial charge is 0.486 e. The summed E-state index contributed by atoms with van der Waals surface area (Å²) in [5.74, 6) is 1.38. The number of likely N-dealkylation sites (N-methyl/N-ethyl adjacent to an activating group) is 1. The second-order valence-corrected chi connectivity index (χ2v) is 3.89. The van der Waals surface area contributed by atoms with Crippen LogP contribution < -0.4 is 14.8 Å². The monoisotopic (exact) mass is 239 g/mol. The van der Waals surface area contributed by atoms with Crippen LogP contribution in [0.3, 0.4) is 0 Å². The van der Waals surface area contributed by atoms with Gasteiger partial charge in [0, 0.05) is 6.54 Å². The van der Waals surface area contributed by atoms with Crippen molar-refractivity contribution in [2.75, 3.05) is 26.8 Å². The van der Waals surface area contributed by atoms with E-state index in [2.05, 4.69) is 5.32 Å². The summed E-state index contributed by atoms with van der Waals surface area (Å²) in [5, 5.41) is 3.64. The first kappa shape index (κ1) is 11.3. The van der Waals surface area contributed by atoms with Gasteiger partial charge in [-0.05, 0) is 24.7 Å². The van der Waals surface area contributed by atoms with E-state index in [0.717, 1.165) is 17.9 Å². The number of hydrogen-bond donors (Lipinski definition) is 1. The minimum Gasteiger partial charge on any atom is -0.486 e. The van der Waals surface area contributed by atoms with E-state index in [1.807, 2.05) is 31.3 Å². The number of nitrogens with one attached hydrogen (secondary N) is 1. The van der Waals surface area contributed by atoms with Crippen LogP contribution >= 0.6 is 11.6 Å². The molecule has 0 aromatic heterocycles. The molecule has 0 fully saturated rings. The van der Waals surface area contributed by atoms with Crippen molar-refractivity contribution >= 4 is 17.7 Å². The minimum atomic E-state index is 0.557. The highest BCUT2D eigenvalue weighted by Gasteiger charge is 2.15. The Hall–Kier alpha value is -1.19. The van der Waals surface area contributed by atoms with Crippen LogP contribution in [0, 0.1) is 0 Å². The molecule has 1 aliphatic rings. The Morgan fingerprint density at radius 2 is 2.19 bits per heavy atom. The molecule has 1 aromatic rings. The molecule has 1 N–H and O–H groups in total. The molecule has 0 atom stereocenters. The Bertz CT molecular complexity index is 404. The minimum absolute atomic E-state index is 0.557. The van der Waals surface area contributed by atoms with Crippen molar-refractivity contribution in [2.24, 2.45) is 0 Å². The molecule has 0 radical (unpaired) electrons. The van der Waals surface area contributed by atoms with Crippen molar-refractivity contribution in [1.29, 1.82) is 0 Å². The van der Waals surface area contributed by atoms with E-state index >= 15 is 0 Å². The normalized spacial score (nSPS) is 14.4. The lowest BCUT2D eigenvalue weighted by molar-refractivity contribution is 0.171. The molecule has 2 rings (SSSR count). The van der Waals surface area contributed by atoms with Gasteiger partial charge in [-0.15, -0.1) is 0 Å². The Morgan fingerprint density at radius 3 is 3.00 bits per heavy atom. The van der Waals surface area contributed by atoms with Gasteiger partial charge < -0.3 is 14.8 Å². The van der Waals surface area contributed by atoms with Gasteiger partial charge >= 0.3 is 0 Å².